The van der Waals surface area contributed by atoms with Gasteiger partial charge < -0.3 is 20.7 Å². The molecular weight excluding hydrogens is 330 g/mol. The van der Waals surface area contributed by atoms with E-state index in [0.29, 0.717) is 30.9 Å². The fraction of sp³-hybridized carbons (Fsp3) is 0.600. The number of unbranched alkanes of at least 4 members (excludes halogenated alkanes) is 4. The molecule has 6 nitrogen and oxygen atoms in total. The molecule has 0 radical (unpaired) electrons. The largest absolute Gasteiger partial charge is 0.385 e. The Labute approximate surface area is 157 Å². The van der Waals surface area contributed by atoms with Crippen molar-refractivity contribution in [3.63, 3.8) is 0 Å². The number of benzene rings is 1. The number of hydrogen-bond donors (Lipinski definition) is 3. The van der Waals surface area contributed by atoms with Crippen molar-refractivity contribution in [1.82, 2.24) is 10.6 Å². The Morgan fingerprint density at radius 3 is 2.38 bits per heavy atom. The number of ether oxygens (including phenoxy) is 1. The molecule has 0 aliphatic carbocycles. The van der Waals surface area contributed by atoms with Gasteiger partial charge in [0.2, 0.25) is 5.91 Å². The van der Waals surface area contributed by atoms with Crippen molar-refractivity contribution in [2.45, 2.75) is 45.4 Å². The van der Waals surface area contributed by atoms with E-state index in [9.17, 15) is 9.59 Å². The molecule has 1 aromatic rings. The number of carbonyl (C=O) groups excluding carboxylic acids is 2. The maximum absolute atomic E-state index is 12.0. The lowest BCUT2D eigenvalue weighted by atomic mass is 10.1. The minimum Gasteiger partial charge on any atom is -0.385 e. The van der Waals surface area contributed by atoms with Crippen molar-refractivity contribution in [3.8, 4) is 0 Å². The topological polar surface area (TPSA) is 79.5 Å². The smallest absolute Gasteiger partial charge is 0.251 e. The van der Waals surface area contributed by atoms with E-state index in [2.05, 4.69) is 22.9 Å². The SMILES string of the molecule is CCCCCCCNCC(=O)Nc1ccc(C(=O)NCCCOC)cc1. The first-order valence-corrected chi connectivity index (χ1v) is 9.55. The van der Waals surface area contributed by atoms with Gasteiger partial charge in [0.15, 0.2) is 0 Å². The number of nitrogens with one attached hydrogen (secondary N) is 3. The third kappa shape index (κ3) is 10.2. The van der Waals surface area contributed by atoms with Crippen LogP contribution < -0.4 is 16.0 Å². The highest BCUT2D eigenvalue weighted by molar-refractivity contribution is 5.96. The van der Waals surface area contributed by atoms with Gasteiger partial charge in [0.1, 0.15) is 0 Å². The normalized spacial score (nSPS) is 10.5. The standard InChI is InChI=1S/C20H33N3O3/c1-3-4-5-6-7-13-21-16-19(24)23-18-11-9-17(10-12-18)20(25)22-14-8-15-26-2/h9-12,21H,3-8,13-16H2,1-2H3,(H,22,25)(H,23,24). The van der Waals surface area contributed by atoms with Crippen molar-refractivity contribution in [2.24, 2.45) is 0 Å². The number of methoxy groups -OCH3 is 1. The van der Waals surface area contributed by atoms with Gasteiger partial charge in [-0.25, -0.2) is 0 Å². The maximum Gasteiger partial charge on any atom is 0.251 e. The Bertz CT molecular complexity index is 518. The van der Waals surface area contributed by atoms with Crippen LogP contribution in [0.4, 0.5) is 5.69 Å². The molecule has 0 fully saturated rings. The van der Waals surface area contributed by atoms with E-state index in [1.54, 1.807) is 31.4 Å². The fourth-order valence-electron chi connectivity index (χ4n) is 2.49. The van der Waals surface area contributed by atoms with E-state index in [-0.39, 0.29) is 11.8 Å². The second-order valence-electron chi connectivity index (χ2n) is 6.32. The summed E-state index contributed by atoms with van der Waals surface area (Å²) in [5.41, 5.74) is 1.27. The predicted octanol–water partition coefficient (Wildman–Crippen LogP) is 2.95. The molecule has 0 aliphatic heterocycles. The molecule has 0 spiro atoms. The van der Waals surface area contributed by atoms with Gasteiger partial charge >= 0.3 is 0 Å². The Kier molecular flexibility index (Phi) is 12.1. The Morgan fingerprint density at radius 2 is 1.69 bits per heavy atom. The third-order valence-corrected chi connectivity index (χ3v) is 3.98. The molecule has 146 valence electrons. The molecule has 0 bridgehead atoms. The number of rotatable bonds is 14. The summed E-state index contributed by atoms with van der Waals surface area (Å²) in [4.78, 5) is 23.9. The molecule has 2 amide bonds. The predicted molar refractivity (Wildman–Crippen MR) is 106 cm³/mol. The molecule has 3 N–H and O–H groups in total. The Hall–Kier alpha value is -1.92. The van der Waals surface area contributed by atoms with Gasteiger partial charge in [-0.3, -0.25) is 9.59 Å². The molecule has 6 heteroatoms. The molecule has 1 aromatic carbocycles. The zero-order valence-electron chi connectivity index (χ0n) is 16.1. The van der Waals surface area contributed by atoms with Crippen LogP contribution in [-0.4, -0.2) is 45.2 Å². The number of amides is 2. The van der Waals surface area contributed by atoms with Crippen molar-refractivity contribution < 1.29 is 14.3 Å². The second kappa shape index (κ2) is 14.3. The van der Waals surface area contributed by atoms with Crippen LogP contribution in [0.25, 0.3) is 0 Å². The van der Waals surface area contributed by atoms with Crippen LogP contribution in [0, 0.1) is 0 Å². The van der Waals surface area contributed by atoms with Gasteiger partial charge in [-0.2, -0.15) is 0 Å². The summed E-state index contributed by atoms with van der Waals surface area (Å²) in [6.07, 6.45) is 6.86. The van der Waals surface area contributed by atoms with Crippen molar-refractivity contribution in [1.29, 1.82) is 0 Å². The highest BCUT2D eigenvalue weighted by atomic mass is 16.5. The molecule has 0 heterocycles. The van der Waals surface area contributed by atoms with E-state index in [4.69, 9.17) is 4.74 Å². The van der Waals surface area contributed by atoms with Gasteiger partial charge in [-0.15, -0.1) is 0 Å². The average molecular weight is 364 g/mol. The third-order valence-electron chi connectivity index (χ3n) is 3.98. The quantitative estimate of drug-likeness (QED) is 0.444. The maximum atomic E-state index is 12.0. The first-order valence-electron chi connectivity index (χ1n) is 9.55. The van der Waals surface area contributed by atoms with E-state index in [0.717, 1.165) is 19.4 Å². The second-order valence-corrected chi connectivity index (χ2v) is 6.32. The fourth-order valence-corrected chi connectivity index (χ4v) is 2.49. The first-order chi connectivity index (χ1) is 12.7. The van der Waals surface area contributed by atoms with E-state index < -0.39 is 0 Å². The van der Waals surface area contributed by atoms with Crippen LogP contribution in [0.2, 0.25) is 0 Å². The van der Waals surface area contributed by atoms with Crippen LogP contribution >= 0.6 is 0 Å². The molecular formula is C20H33N3O3. The summed E-state index contributed by atoms with van der Waals surface area (Å²) in [5.74, 6) is -0.195. The summed E-state index contributed by atoms with van der Waals surface area (Å²) in [5, 5.41) is 8.82. The van der Waals surface area contributed by atoms with Crippen LogP contribution in [0.15, 0.2) is 24.3 Å². The van der Waals surface area contributed by atoms with Crippen molar-refractivity contribution >= 4 is 17.5 Å². The summed E-state index contributed by atoms with van der Waals surface area (Å²) in [7, 11) is 1.64. The average Bonchev–Trinajstić information content (AvgIpc) is 2.65. The molecule has 26 heavy (non-hydrogen) atoms. The molecule has 0 aromatic heterocycles. The van der Waals surface area contributed by atoms with Crippen LogP contribution in [-0.2, 0) is 9.53 Å². The zero-order valence-corrected chi connectivity index (χ0v) is 16.1. The van der Waals surface area contributed by atoms with Crippen LogP contribution in [0.3, 0.4) is 0 Å². The molecule has 1 rings (SSSR count). The van der Waals surface area contributed by atoms with Gasteiger partial charge in [0.05, 0.1) is 6.54 Å². The van der Waals surface area contributed by atoms with Crippen molar-refractivity contribution in [3.05, 3.63) is 29.8 Å². The van der Waals surface area contributed by atoms with Gasteiger partial charge in [-0.05, 0) is 43.7 Å². The van der Waals surface area contributed by atoms with Crippen LogP contribution in [0.1, 0.15) is 55.8 Å². The van der Waals surface area contributed by atoms with Gasteiger partial charge in [0.25, 0.3) is 5.91 Å². The Morgan fingerprint density at radius 1 is 0.962 bits per heavy atom. The molecule has 0 saturated heterocycles. The molecule has 0 aliphatic rings. The lowest BCUT2D eigenvalue weighted by molar-refractivity contribution is -0.115. The van der Waals surface area contributed by atoms with E-state index in [1.807, 2.05) is 0 Å². The number of anilines is 1. The summed E-state index contributed by atoms with van der Waals surface area (Å²) < 4.78 is 4.94. The van der Waals surface area contributed by atoms with Crippen molar-refractivity contribution in [2.75, 3.05) is 38.7 Å². The molecule has 0 atom stereocenters. The molecule has 0 saturated carbocycles. The summed E-state index contributed by atoms with van der Waals surface area (Å²) >= 11 is 0. The number of hydrogen-bond acceptors (Lipinski definition) is 4. The summed E-state index contributed by atoms with van der Waals surface area (Å²) in [6, 6.07) is 6.91. The van der Waals surface area contributed by atoms with Gasteiger partial charge in [-0.1, -0.05) is 32.6 Å². The lowest BCUT2D eigenvalue weighted by Crippen LogP contribution is -2.28. The monoisotopic (exact) mass is 363 g/mol. The Balaban J connectivity index is 2.22. The van der Waals surface area contributed by atoms with E-state index in [1.165, 1.54) is 25.7 Å². The highest BCUT2D eigenvalue weighted by Crippen LogP contribution is 2.09. The zero-order chi connectivity index (χ0) is 19.0. The van der Waals surface area contributed by atoms with E-state index >= 15 is 0 Å². The molecule has 0 unspecified atom stereocenters. The minimum atomic E-state index is -0.122. The van der Waals surface area contributed by atoms with Gasteiger partial charge in [0, 0.05) is 31.5 Å². The summed E-state index contributed by atoms with van der Waals surface area (Å²) in [6.45, 7) is 4.56. The van der Waals surface area contributed by atoms with Crippen LogP contribution in [0.5, 0.6) is 0 Å². The number of carbonyl (C=O) groups is 2. The first kappa shape index (κ1) is 22.1. The lowest BCUT2D eigenvalue weighted by Gasteiger charge is -2.08. The minimum absolute atomic E-state index is 0.0738. The highest BCUT2D eigenvalue weighted by Gasteiger charge is 2.06.